The van der Waals surface area contributed by atoms with Crippen molar-refractivity contribution in [1.29, 1.82) is 0 Å². The van der Waals surface area contributed by atoms with E-state index in [1.807, 2.05) is 18.2 Å². The molecule has 0 saturated carbocycles. The highest BCUT2D eigenvalue weighted by atomic mass is 35.5. The molecular weight excluding hydrogens is 448 g/mol. The molecule has 2 aromatic carbocycles. The van der Waals surface area contributed by atoms with Crippen molar-refractivity contribution in [3.63, 3.8) is 0 Å². The van der Waals surface area contributed by atoms with Crippen LogP contribution in [0.3, 0.4) is 0 Å². The van der Waals surface area contributed by atoms with Gasteiger partial charge in [-0.2, -0.15) is 0 Å². The molecule has 0 aliphatic rings. The third-order valence-electron chi connectivity index (χ3n) is 4.36. The van der Waals surface area contributed by atoms with Crippen LogP contribution in [0.25, 0.3) is 0 Å². The van der Waals surface area contributed by atoms with Crippen molar-refractivity contribution in [2.24, 2.45) is 0 Å². The number of hydrogen-bond acceptors (Lipinski definition) is 7. The zero-order valence-electron chi connectivity index (χ0n) is 17.4. The fraction of sp³-hybridized carbons (Fsp3) is 0.300. The number of rotatable bonds is 9. The summed E-state index contributed by atoms with van der Waals surface area (Å²) in [6.07, 6.45) is 0. The topological polar surface area (TPSA) is 111 Å². The van der Waals surface area contributed by atoms with Crippen LogP contribution in [0.1, 0.15) is 28.9 Å². The van der Waals surface area contributed by atoms with Crippen LogP contribution < -0.4 is 10.1 Å². The quantitative estimate of drug-likeness (QED) is 0.442. The minimum Gasteiger partial charge on any atom is -0.496 e. The van der Waals surface area contributed by atoms with E-state index in [0.29, 0.717) is 10.2 Å². The van der Waals surface area contributed by atoms with E-state index in [1.54, 1.807) is 13.0 Å². The molecule has 2 aromatic rings. The summed E-state index contributed by atoms with van der Waals surface area (Å²) in [7, 11) is -0.193. The van der Waals surface area contributed by atoms with Crippen molar-refractivity contribution >= 4 is 33.5 Å². The van der Waals surface area contributed by atoms with E-state index in [-0.39, 0.29) is 21.5 Å². The summed E-state index contributed by atoms with van der Waals surface area (Å²) in [5.74, 6) is -0.802. The second-order valence-corrected chi connectivity index (χ2v) is 8.66. The van der Waals surface area contributed by atoms with Gasteiger partial charge in [0.25, 0.3) is 15.9 Å². The van der Waals surface area contributed by atoms with Crippen LogP contribution in [-0.4, -0.2) is 52.6 Å². The van der Waals surface area contributed by atoms with Gasteiger partial charge in [-0.05, 0) is 31.2 Å². The van der Waals surface area contributed by atoms with Crippen LogP contribution in [0.15, 0.2) is 47.4 Å². The Morgan fingerprint density at radius 3 is 2.48 bits per heavy atom. The lowest BCUT2D eigenvalue weighted by Gasteiger charge is -2.17. The summed E-state index contributed by atoms with van der Waals surface area (Å²) in [6.45, 7) is 1.21. The van der Waals surface area contributed by atoms with E-state index >= 15 is 0 Å². The molecule has 0 bridgehead atoms. The van der Waals surface area contributed by atoms with Gasteiger partial charge in [-0.3, -0.25) is 9.63 Å². The maximum atomic E-state index is 12.4. The first-order valence-corrected chi connectivity index (χ1v) is 10.9. The van der Waals surface area contributed by atoms with Crippen LogP contribution in [0.4, 0.5) is 0 Å². The molecule has 0 fully saturated rings. The molecule has 1 atom stereocenters. The lowest BCUT2D eigenvalue weighted by atomic mass is 10.1. The summed E-state index contributed by atoms with van der Waals surface area (Å²) in [6, 6.07) is 10.4. The molecule has 0 radical (unpaired) electrons. The monoisotopic (exact) mass is 470 g/mol. The number of hydroxylamine groups is 1. The average molecular weight is 471 g/mol. The van der Waals surface area contributed by atoms with Crippen molar-refractivity contribution in [3.8, 4) is 5.75 Å². The molecule has 0 aromatic heterocycles. The number of amides is 1. The highest BCUT2D eigenvalue weighted by Gasteiger charge is 2.25. The first kappa shape index (κ1) is 24.6. The van der Waals surface area contributed by atoms with Crippen molar-refractivity contribution in [3.05, 3.63) is 58.6 Å². The van der Waals surface area contributed by atoms with Gasteiger partial charge in [0, 0.05) is 12.6 Å². The first-order valence-electron chi connectivity index (χ1n) is 9.03. The Morgan fingerprint density at radius 1 is 1.16 bits per heavy atom. The number of carbonyl (C=O) groups is 2. The maximum Gasteiger partial charge on any atom is 0.338 e. The number of ether oxygens (including phenoxy) is 2. The summed E-state index contributed by atoms with van der Waals surface area (Å²) < 4.78 is 35.7. The summed E-state index contributed by atoms with van der Waals surface area (Å²) in [5, 5.41) is 2.61. The summed E-state index contributed by atoms with van der Waals surface area (Å²) in [4.78, 5) is 28.9. The van der Waals surface area contributed by atoms with Gasteiger partial charge in [0.15, 0.2) is 6.61 Å². The molecule has 1 N–H and O–H groups in total. The molecule has 0 heterocycles. The van der Waals surface area contributed by atoms with E-state index in [9.17, 15) is 18.0 Å². The molecule has 2 rings (SSSR count). The number of sulfonamides is 1. The Balaban J connectivity index is 2.06. The van der Waals surface area contributed by atoms with Crippen molar-refractivity contribution < 1.29 is 32.3 Å². The van der Waals surface area contributed by atoms with Gasteiger partial charge < -0.3 is 14.8 Å². The zero-order chi connectivity index (χ0) is 23.2. The lowest BCUT2D eigenvalue weighted by molar-refractivity contribution is -0.124. The fourth-order valence-corrected chi connectivity index (χ4v) is 4.14. The third kappa shape index (κ3) is 5.95. The smallest absolute Gasteiger partial charge is 0.338 e. The Labute approximate surface area is 185 Å². The Kier molecular flexibility index (Phi) is 8.40. The van der Waals surface area contributed by atoms with Gasteiger partial charge in [0.2, 0.25) is 0 Å². The standard InChI is InChI=1S/C20H23ClN2O7S/c1-13(15-7-5-6-8-17(15)28-3)22-19(24)12-30-20(25)14-9-10-16(21)18(11-14)31(26,27)23(2)29-4/h5-11,13H,12H2,1-4H3,(H,22,24). The van der Waals surface area contributed by atoms with Gasteiger partial charge in [-0.15, -0.1) is 0 Å². The van der Waals surface area contributed by atoms with Crippen LogP contribution in [-0.2, 0) is 24.4 Å². The predicted molar refractivity (Wildman–Crippen MR) is 113 cm³/mol. The first-order chi connectivity index (χ1) is 14.6. The van der Waals surface area contributed by atoms with Crippen molar-refractivity contribution in [1.82, 2.24) is 9.79 Å². The van der Waals surface area contributed by atoms with Gasteiger partial charge >= 0.3 is 5.97 Å². The average Bonchev–Trinajstić information content (AvgIpc) is 2.76. The van der Waals surface area contributed by atoms with Gasteiger partial charge in [-0.1, -0.05) is 34.3 Å². The molecule has 0 aliphatic heterocycles. The van der Waals surface area contributed by atoms with Crippen molar-refractivity contribution in [2.45, 2.75) is 17.9 Å². The van der Waals surface area contributed by atoms with E-state index < -0.39 is 28.5 Å². The Morgan fingerprint density at radius 2 is 1.84 bits per heavy atom. The number of methoxy groups -OCH3 is 1. The molecular formula is C20H23ClN2O7S. The number of nitrogens with zero attached hydrogens (tertiary/aromatic N) is 1. The fourth-order valence-electron chi connectivity index (χ4n) is 2.66. The molecule has 9 nitrogen and oxygen atoms in total. The number of benzene rings is 2. The molecule has 168 valence electrons. The molecule has 1 unspecified atom stereocenters. The highest BCUT2D eigenvalue weighted by Crippen LogP contribution is 2.26. The van der Waals surface area contributed by atoms with Gasteiger partial charge in [0.05, 0.1) is 30.8 Å². The number of carbonyl (C=O) groups excluding carboxylic acids is 2. The minimum atomic E-state index is -4.08. The van der Waals surface area contributed by atoms with Gasteiger partial charge in [-0.25, -0.2) is 13.2 Å². The number of esters is 1. The largest absolute Gasteiger partial charge is 0.496 e. The van der Waals surface area contributed by atoms with E-state index in [2.05, 4.69) is 5.32 Å². The number of nitrogens with one attached hydrogen (secondary N) is 1. The molecule has 1 amide bonds. The third-order valence-corrected chi connectivity index (χ3v) is 6.52. The minimum absolute atomic E-state index is 0.0851. The Hall–Kier alpha value is -2.66. The molecule has 0 saturated heterocycles. The molecule has 31 heavy (non-hydrogen) atoms. The van der Waals surface area contributed by atoms with Crippen LogP contribution in [0.2, 0.25) is 5.02 Å². The number of hydrogen-bond donors (Lipinski definition) is 1. The second kappa shape index (κ2) is 10.6. The molecule has 0 aliphatic carbocycles. The van der Waals surface area contributed by atoms with Gasteiger partial charge in [0.1, 0.15) is 10.6 Å². The Bertz CT molecular complexity index is 1060. The SMILES string of the molecule is COc1ccccc1C(C)NC(=O)COC(=O)c1ccc(Cl)c(S(=O)(=O)N(C)OC)c1. The summed E-state index contributed by atoms with van der Waals surface area (Å²) in [5.41, 5.74) is 0.678. The van der Waals surface area contributed by atoms with E-state index in [0.717, 1.165) is 11.6 Å². The summed E-state index contributed by atoms with van der Waals surface area (Å²) >= 11 is 5.97. The molecule has 0 spiro atoms. The van der Waals surface area contributed by atoms with E-state index in [1.165, 1.54) is 33.4 Å². The maximum absolute atomic E-state index is 12.4. The highest BCUT2D eigenvalue weighted by molar-refractivity contribution is 7.89. The lowest BCUT2D eigenvalue weighted by Crippen LogP contribution is -2.31. The predicted octanol–water partition coefficient (Wildman–Crippen LogP) is 2.56. The number of para-hydroxylation sites is 1. The second-order valence-electron chi connectivity index (χ2n) is 6.35. The normalized spacial score (nSPS) is 12.3. The van der Waals surface area contributed by atoms with E-state index in [4.69, 9.17) is 25.9 Å². The van der Waals surface area contributed by atoms with Crippen LogP contribution in [0.5, 0.6) is 5.75 Å². The number of halogens is 1. The van der Waals surface area contributed by atoms with Crippen LogP contribution in [0, 0.1) is 0 Å². The van der Waals surface area contributed by atoms with Crippen LogP contribution >= 0.6 is 11.6 Å². The van der Waals surface area contributed by atoms with Crippen molar-refractivity contribution in [2.75, 3.05) is 27.9 Å². The molecule has 11 heteroatoms. The zero-order valence-corrected chi connectivity index (χ0v) is 19.0.